The van der Waals surface area contributed by atoms with Crippen LogP contribution in [0.4, 0.5) is 4.39 Å². The molecule has 2 amide bonds. The Labute approximate surface area is 246 Å². The Hall–Kier alpha value is -3.12. The highest BCUT2D eigenvalue weighted by atomic mass is 79.9. The first-order chi connectivity index (χ1) is 19.6. The third kappa shape index (κ3) is 6.08. The molecule has 41 heavy (non-hydrogen) atoms. The fourth-order valence-electron chi connectivity index (χ4n) is 5.71. The number of nitrogens with zero attached hydrogens (tertiary/aromatic N) is 3. The van der Waals surface area contributed by atoms with Crippen LogP contribution in [0.1, 0.15) is 57.6 Å². The second-order valence-corrected chi connectivity index (χ2v) is 11.9. The number of aromatic nitrogens is 2. The molecule has 1 saturated heterocycles. The standard InChI is InChI=1S/C29H35BrFN5O5/c1-3-40-28(39)29-14-17(29)9-7-5-4-6-8-10-21(32)27(38)36-15-19(13-23(36)25(37)35-29)41-26-16(2)33-24-20(30)11-18(31)12-22(24)34-26/h7,9,11-12,17,19,21,23H,3-6,8,10,13-15,32H2,1-2H3,(H,35,37)/b9-7-/t17-,19-,21+,23+,29-/m1/s1. The molecule has 0 bridgehead atoms. The van der Waals surface area contributed by atoms with E-state index in [1.165, 1.54) is 17.0 Å². The number of amides is 2. The molecule has 3 N–H and O–H groups in total. The lowest BCUT2D eigenvalue weighted by Crippen LogP contribution is -2.55. The molecule has 1 saturated carbocycles. The number of allylic oxidation sites excluding steroid dienone is 1. The average Bonchev–Trinajstić information content (AvgIpc) is 3.45. The first kappa shape index (κ1) is 29.4. The van der Waals surface area contributed by atoms with Crippen LogP contribution < -0.4 is 15.8 Å². The molecule has 1 aliphatic carbocycles. The number of nitrogens with two attached hydrogens (primary N) is 1. The van der Waals surface area contributed by atoms with Gasteiger partial charge in [-0.15, -0.1) is 0 Å². The maximum Gasteiger partial charge on any atom is 0.332 e. The third-order valence-electron chi connectivity index (χ3n) is 8.02. The molecule has 5 atom stereocenters. The van der Waals surface area contributed by atoms with E-state index in [2.05, 4.69) is 31.2 Å². The Kier molecular flexibility index (Phi) is 8.60. The average molecular weight is 633 g/mol. The van der Waals surface area contributed by atoms with Crippen molar-refractivity contribution in [1.29, 1.82) is 0 Å². The van der Waals surface area contributed by atoms with Crippen molar-refractivity contribution in [2.24, 2.45) is 11.7 Å². The maximum absolute atomic E-state index is 14.0. The molecule has 10 nitrogen and oxygen atoms in total. The minimum Gasteiger partial charge on any atom is -0.471 e. The predicted molar refractivity (Wildman–Crippen MR) is 152 cm³/mol. The van der Waals surface area contributed by atoms with Gasteiger partial charge in [0.2, 0.25) is 17.7 Å². The highest BCUT2D eigenvalue weighted by Gasteiger charge is 2.62. The number of ether oxygens (including phenoxy) is 2. The molecular formula is C29H35BrFN5O5. The van der Waals surface area contributed by atoms with Crippen LogP contribution in [0, 0.1) is 18.7 Å². The summed E-state index contributed by atoms with van der Waals surface area (Å²) >= 11 is 3.32. The van der Waals surface area contributed by atoms with Gasteiger partial charge < -0.3 is 25.4 Å². The molecule has 0 unspecified atom stereocenters. The SMILES string of the molecule is CCOC(=O)[C@@]12C[C@H]1/C=C\CCCCC[C@H](N)C(=O)N1C[C@H](Oc3nc4cc(F)cc(Br)c4nc3C)C[C@H]1C(=O)N2. The van der Waals surface area contributed by atoms with Gasteiger partial charge in [0, 0.05) is 22.9 Å². The zero-order chi connectivity index (χ0) is 29.3. The Morgan fingerprint density at radius 2 is 2.07 bits per heavy atom. The number of hydrogen-bond donors (Lipinski definition) is 2. The second kappa shape index (κ2) is 12.0. The minimum absolute atomic E-state index is 0.104. The smallest absolute Gasteiger partial charge is 0.332 e. The molecule has 12 heteroatoms. The van der Waals surface area contributed by atoms with E-state index in [0.717, 1.165) is 25.7 Å². The van der Waals surface area contributed by atoms with E-state index in [-0.39, 0.29) is 37.3 Å². The van der Waals surface area contributed by atoms with Crippen LogP contribution in [0.15, 0.2) is 28.8 Å². The lowest BCUT2D eigenvalue weighted by Gasteiger charge is -2.28. The van der Waals surface area contributed by atoms with Gasteiger partial charge in [-0.2, -0.15) is 0 Å². The second-order valence-electron chi connectivity index (χ2n) is 11.0. The molecule has 1 aromatic heterocycles. The van der Waals surface area contributed by atoms with Crippen LogP contribution in [0.3, 0.4) is 0 Å². The fraction of sp³-hybridized carbons (Fsp3) is 0.552. The number of aryl methyl sites for hydroxylation is 1. The summed E-state index contributed by atoms with van der Waals surface area (Å²) in [7, 11) is 0. The van der Waals surface area contributed by atoms with E-state index in [4.69, 9.17) is 15.2 Å². The largest absolute Gasteiger partial charge is 0.471 e. The third-order valence-corrected chi connectivity index (χ3v) is 8.62. The van der Waals surface area contributed by atoms with Gasteiger partial charge in [0.05, 0.1) is 24.7 Å². The summed E-state index contributed by atoms with van der Waals surface area (Å²) in [5.74, 6) is -1.73. The number of carbonyl (C=O) groups is 3. The quantitative estimate of drug-likeness (QED) is 0.387. The zero-order valence-corrected chi connectivity index (χ0v) is 24.8. The van der Waals surface area contributed by atoms with E-state index in [0.29, 0.717) is 34.0 Å². The molecule has 0 radical (unpaired) electrons. The number of carbonyl (C=O) groups excluding carboxylic acids is 3. The molecule has 2 aromatic rings. The minimum atomic E-state index is -1.16. The van der Waals surface area contributed by atoms with Crippen LogP contribution in [0.2, 0.25) is 0 Å². The van der Waals surface area contributed by atoms with Crippen LogP contribution in [0.5, 0.6) is 5.88 Å². The molecule has 2 aliphatic heterocycles. The van der Waals surface area contributed by atoms with Gasteiger partial charge in [-0.05, 0) is 61.5 Å². The van der Waals surface area contributed by atoms with E-state index < -0.39 is 41.4 Å². The Bertz CT molecular complexity index is 1390. The van der Waals surface area contributed by atoms with Gasteiger partial charge in [-0.1, -0.05) is 25.0 Å². The van der Waals surface area contributed by atoms with Crippen molar-refractivity contribution in [3.05, 3.63) is 40.3 Å². The van der Waals surface area contributed by atoms with Crippen molar-refractivity contribution in [1.82, 2.24) is 20.2 Å². The lowest BCUT2D eigenvalue weighted by atomic mass is 10.1. The summed E-state index contributed by atoms with van der Waals surface area (Å²) in [5.41, 5.74) is 6.44. The van der Waals surface area contributed by atoms with Gasteiger partial charge in [0.1, 0.15) is 34.7 Å². The van der Waals surface area contributed by atoms with Crippen molar-refractivity contribution < 1.29 is 28.2 Å². The first-order valence-electron chi connectivity index (χ1n) is 14.1. The summed E-state index contributed by atoms with van der Waals surface area (Å²) in [6.45, 7) is 3.75. The number of benzene rings is 1. The summed E-state index contributed by atoms with van der Waals surface area (Å²) < 4.78 is 26.0. The highest BCUT2D eigenvalue weighted by molar-refractivity contribution is 9.10. The van der Waals surface area contributed by atoms with Crippen molar-refractivity contribution in [2.45, 2.75) is 82.5 Å². The van der Waals surface area contributed by atoms with Crippen LogP contribution in [-0.2, 0) is 19.1 Å². The number of esters is 1. The number of rotatable bonds is 4. The molecule has 3 heterocycles. The van der Waals surface area contributed by atoms with Crippen LogP contribution in [-0.4, -0.2) is 69.5 Å². The monoisotopic (exact) mass is 631 g/mol. The molecular weight excluding hydrogens is 597 g/mol. The fourth-order valence-corrected chi connectivity index (χ4v) is 6.22. The lowest BCUT2D eigenvalue weighted by molar-refractivity contribution is -0.150. The van der Waals surface area contributed by atoms with Crippen molar-refractivity contribution >= 4 is 44.7 Å². The summed E-state index contributed by atoms with van der Waals surface area (Å²) in [6.07, 6.45) is 8.03. The Morgan fingerprint density at radius 3 is 2.85 bits per heavy atom. The van der Waals surface area contributed by atoms with Crippen LogP contribution >= 0.6 is 15.9 Å². The van der Waals surface area contributed by atoms with Crippen molar-refractivity contribution in [3.8, 4) is 5.88 Å². The topological polar surface area (TPSA) is 137 Å². The first-order valence-corrected chi connectivity index (χ1v) is 14.9. The molecule has 2 fully saturated rings. The Morgan fingerprint density at radius 1 is 1.27 bits per heavy atom. The molecule has 1 aromatic carbocycles. The number of fused-ring (bicyclic) bond motifs is 3. The van der Waals surface area contributed by atoms with Gasteiger partial charge >= 0.3 is 5.97 Å². The normalized spacial score (nSPS) is 29.5. The maximum atomic E-state index is 14.0. The van der Waals surface area contributed by atoms with E-state index in [9.17, 15) is 18.8 Å². The predicted octanol–water partition coefficient (Wildman–Crippen LogP) is 3.47. The van der Waals surface area contributed by atoms with Crippen molar-refractivity contribution in [2.75, 3.05) is 13.2 Å². The van der Waals surface area contributed by atoms with Gasteiger partial charge in [0.25, 0.3) is 0 Å². The number of hydrogen-bond acceptors (Lipinski definition) is 8. The number of nitrogens with one attached hydrogen (secondary N) is 1. The van der Waals surface area contributed by atoms with Crippen molar-refractivity contribution in [3.63, 3.8) is 0 Å². The number of halogens is 2. The zero-order valence-electron chi connectivity index (χ0n) is 23.2. The Balaban J connectivity index is 1.42. The van der Waals surface area contributed by atoms with E-state index >= 15 is 0 Å². The van der Waals surface area contributed by atoms with Crippen LogP contribution in [0.25, 0.3) is 11.0 Å². The molecule has 3 aliphatic rings. The van der Waals surface area contributed by atoms with Gasteiger partial charge in [-0.3, -0.25) is 9.59 Å². The highest BCUT2D eigenvalue weighted by Crippen LogP contribution is 2.46. The molecule has 0 spiro atoms. The van der Waals surface area contributed by atoms with Gasteiger partial charge in [0.15, 0.2) is 0 Å². The molecule has 220 valence electrons. The van der Waals surface area contributed by atoms with E-state index in [1.54, 1.807) is 13.8 Å². The van der Waals surface area contributed by atoms with Gasteiger partial charge in [-0.25, -0.2) is 19.2 Å². The van der Waals surface area contributed by atoms with E-state index in [1.807, 2.05) is 12.2 Å². The summed E-state index contributed by atoms with van der Waals surface area (Å²) in [6, 6.07) is 0.916. The summed E-state index contributed by atoms with van der Waals surface area (Å²) in [5, 5.41) is 2.93. The summed E-state index contributed by atoms with van der Waals surface area (Å²) in [4.78, 5) is 50.7. The molecule has 5 rings (SSSR count).